The smallest absolute Gasteiger partial charge is 0.0573 e. The number of piperidine rings is 1. The van der Waals surface area contributed by atoms with E-state index in [1.807, 2.05) is 6.07 Å². The maximum atomic E-state index is 10.2. The lowest BCUT2D eigenvalue weighted by atomic mass is 9.57. The van der Waals surface area contributed by atoms with Gasteiger partial charge in [-0.05, 0) is 48.9 Å². The molecule has 0 bridgehead atoms. The van der Waals surface area contributed by atoms with Crippen LogP contribution in [-0.4, -0.2) is 59.5 Å². The van der Waals surface area contributed by atoms with Gasteiger partial charge in [0, 0.05) is 31.4 Å². The van der Waals surface area contributed by atoms with Crippen molar-refractivity contribution in [3.05, 3.63) is 65.7 Å². The summed E-state index contributed by atoms with van der Waals surface area (Å²) in [6.45, 7) is 2.91. The molecule has 148 valence electrons. The Labute approximate surface area is 167 Å². The minimum Gasteiger partial charge on any atom is -0.396 e. The van der Waals surface area contributed by atoms with Crippen molar-refractivity contribution >= 4 is 5.69 Å². The van der Waals surface area contributed by atoms with Crippen molar-refractivity contribution < 1.29 is 10.2 Å². The summed E-state index contributed by atoms with van der Waals surface area (Å²) in [5.41, 5.74) is 3.68. The molecule has 5 rings (SSSR count). The van der Waals surface area contributed by atoms with Gasteiger partial charge < -0.3 is 15.1 Å². The molecule has 0 saturated carbocycles. The van der Waals surface area contributed by atoms with Crippen molar-refractivity contribution in [1.29, 1.82) is 0 Å². The molecule has 2 N–H and O–H groups in total. The molecule has 0 atom stereocenters. The second-order valence-corrected chi connectivity index (χ2v) is 8.92. The molecule has 0 aromatic heterocycles. The molecule has 2 aromatic carbocycles. The fourth-order valence-electron chi connectivity index (χ4n) is 6.04. The van der Waals surface area contributed by atoms with Crippen LogP contribution in [-0.2, 0) is 12.8 Å². The molecule has 0 amide bonds. The highest BCUT2D eigenvalue weighted by Crippen LogP contribution is 2.54. The molecular formula is C24H30N2O2. The summed E-state index contributed by atoms with van der Waals surface area (Å²) in [7, 11) is 0. The molecule has 2 aromatic rings. The monoisotopic (exact) mass is 378 g/mol. The summed E-state index contributed by atoms with van der Waals surface area (Å²) >= 11 is 0. The van der Waals surface area contributed by atoms with E-state index in [1.54, 1.807) is 0 Å². The van der Waals surface area contributed by atoms with Gasteiger partial charge in [0.05, 0.1) is 24.2 Å². The minimum atomic E-state index is -0.395. The number of para-hydroxylation sites is 1. The van der Waals surface area contributed by atoms with E-state index in [1.165, 1.54) is 16.8 Å². The number of nitrogens with zero attached hydrogens (tertiary/aromatic N) is 2. The van der Waals surface area contributed by atoms with Gasteiger partial charge in [-0.15, -0.1) is 0 Å². The van der Waals surface area contributed by atoms with Crippen molar-refractivity contribution in [3.8, 4) is 0 Å². The zero-order valence-corrected chi connectivity index (χ0v) is 16.4. The van der Waals surface area contributed by atoms with Crippen molar-refractivity contribution in [2.45, 2.75) is 37.3 Å². The van der Waals surface area contributed by atoms with Crippen LogP contribution >= 0.6 is 0 Å². The van der Waals surface area contributed by atoms with E-state index >= 15 is 0 Å². The van der Waals surface area contributed by atoms with E-state index in [9.17, 15) is 10.2 Å². The molecular weight excluding hydrogens is 348 g/mol. The highest BCUT2D eigenvalue weighted by Gasteiger charge is 2.64. The van der Waals surface area contributed by atoms with Gasteiger partial charge in [-0.25, -0.2) is 0 Å². The number of hydrogen-bond acceptors (Lipinski definition) is 4. The molecule has 2 heterocycles. The molecule has 28 heavy (non-hydrogen) atoms. The SMILES string of the molecule is OCC1(CO)CN(c2ccccc2)C12CCN(C1Cc3ccccc3C1)CC2. The molecule has 4 nitrogen and oxygen atoms in total. The Bertz CT molecular complexity index is 801. The van der Waals surface area contributed by atoms with E-state index in [0.717, 1.165) is 45.3 Å². The first-order chi connectivity index (χ1) is 13.7. The quantitative estimate of drug-likeness (QED) is 0.858. The molecule has 2 saturated heterocycles. The van der Waals surface area contributed by atoms with E-state index in [2.05, 4.69) is 58.3 Å². The molecule has 0 unspecified atom stereocenters. The Hall–Kier alpha value is -1.88. The third-order valence-electron chi connectivity index (χ3n) is 7.81. The van der Waals surface area contributed by atoms with Gasteiger partial charge in [0.1, 0.15) is 0 Å². The lowest BCUT2D eigenvalue weighted by molar-refractivity contribution is -0.0944. The molecule has 4 heteroatoms. The Kier molecular flexibility index (Phi) is 4.46. The maximum absolute atomic E-state index is 10.2. The third kappa shape index (κ3) is 2.55. The van der Waals surface area contributed by atoms with E-state index in [4.69, 9.17) is 0 Å². The number of fused-ring (bicyclic) bond motifs is 1. The molecule has 1 spiro atoms. The summed E-state index contributed by atoms with van der Waals surface area (Å²) < 4.78 is 0. The molecule has 2 fully saturated rings. The normalized spacial score (nSPS) is 23.6. The number of rotatable bonds is 4. The first kappa shape index (κ1) is 18.2. The number of aliphatic hydroxyl groups is 2. The fourth-order valence-corrected chi connectivity index (χ4v) is 6.04. The van der Waals surface area contributed by atoms with Crippen molar-refractivity contribution in [1.82, 2.24) is 4.90 Å². The highest BCUT2D eigenvalue weighted by atomic mass is 16.3. The van der Waals surface area contributed by atoms with Gasteiger partial charge in [-0.2, -0.15) is 0 Å². The summed E-state index contributed by atoms with van der Waals surface area (Å²) in [5.74, 6) is 0. The first-order valence-corrected chi connectivity index (χ1v) is 10.6. The highest BCUT2D eigenvalue weighted by molar-refractivity contribution is 5.55. The number of likely N-dealkylation sites (tertiary alicyclic amines) is 1. The Morgan fingerprint density at radius 2 is 1.39 bits per heavy atom. The van der Waals surface area contributed by atoms with Crippen LogP contribution in [0.5, 0.6) is 0 Å². The second-order valence-electron chi connectivity index (χ2n) is 8.92. The van der Waals surface area contributed by atoms with Crippen LogP contribution in [0.2, 0.25) is 0 Å². The summed E-state index contributed by atoms with van der Waals surface area (Å²) in [6.07, 6.45) is 4.29. The van der Waals surface area contributed by atoms with Crippen molar-refractivity contribution in [2.75, 3.05) is 37.7 Å². The predicted molar refractivity (Wildman–Crippen MR) is 112 cm³/mol. The van der Waals surface area contributed by atoms with Gasteiger partial charge in [0.2, 0.25) is 0 Å². The zero-order chi connectivity index (χ0) is 19.2. The van der Waals surface area contributed by atoms with Gasteiger partial charge in [0.25, 0.3) is 0 Å². The maximum Gasteiger partial charge on any atom is 0.0573 e. The van der Waals surface area contributed by atoms with Crippen LogP contribution in [0.4, 0.5) is 5.69 Å². The van der Waals surface area contributed by atoms with E-state index < -0.39 is 5.41 Å². The summed E-state index contributed by atoms with van der Waals surface area (Å²) in [6, 6.07) is 19.9. The number of hydrogen-bond donors (Lipinski definition) is 2. The van der Waals surface area contributed by atoms with Crippen LogP contribution < -0.4 is 4.90 Å². The second kappa shape index (κ2) is 6.87. The zero-order valence-electron chi connectivity index (χ0n) is 16.4. The van der Waals surface area contributed by atoms with Crippen molar-refractivity contribution in [2.24, 2.45) is 5.41 Å². The van der Waals surface area contributed by atoms with Gasteiger partial charge in [-0.3, -0.25) is 4.90 Å². The van der Waals surface area contributed by atoms with Crippen LogP contribution in [0, 0.1) is 5.41 Å². The third-order valence-corrected chi connectivity index (χ3v) is 7.81. The van der Waals surface area contributed by atoms with Gasteiger partial charge in [-0.1, -0.05) is 42.5 Å². The molecule has 2 aliphatic heterocycles. The molecule has 1 aliphatic carbocycles. The average molecular weight is 379 g/mol. The first-order valence-electron chi connectivity index (χ1n) is 10.6. The van der Waals surface area contributed by atoms with Gasteiger partial charge in [0.15, 0.2) is 0 Å². The fraction of sp³-hybridized carbons (Fsp3) is 0.500. The lowest BCUT2D eigenvalue weighted by Gasteiger charge is -2.69. The van der Waals surface area contributed by atoms with E-state index in [-0.39, 0.29) is 18.8 Å². The van der Waals surface area contributed by atoms with Crippen molar-refractivity contribution in [3.63, 3.8) is 0 Å². The lowest BCUT2D eigenvalue weighted by Crippen LogP contribution is -2.79. The number of aliphatic hydroxyl groups excluding tert-OH is 2. The Morgan fingerprint density at radius 1 is 0.821 bits per heavy atom. The van der Waals surface area contributed by atoms with Crippen LogP contribution in [0.3, 0.4) is 0 Å². The Morgan fingerprint density at radius 3 is 1.96 bits per heavy atom. The minimum absolute atomic E-state index is 0.0572. The number of benzene rings is 2. The largest absolute Gasteiger partial charge is 0.396 e. The van der Waals surface area contributed by atoms with Gasteiger partial charge >= 0.3 is 0 Å². The average Bonchev–Trinajstić information content (AvgIpc) is 3.19. The number of anilines is 1. The van der Waals surface area contributed by atoms with Crippen LogP contribution in [0.1, 0.15) is 24.0 Å². The molecule has 0 radical (unpaired) electrons. The Balaban J connectivity index is 1.35. The topological polar surface area (TPSA) is 46.9 Å². The van der Waals surface area contributed by atoms with E-state index in [0.29, 0.717) is 6.04 Å². The molecule has 3 aliphatic rings. The summed E-state index contributed by atoms with van der Waals surface area (Å²) in [5, 5.41) is 20.4. The van der Waals surface area contributed by atoms with Crippen LogP contribution in [0.25, 0.3) is 0 Å². The predicted octanol–water partition coefficient (Wildman–Crippen LogP) is 2.48. The standard InChI is InChI=1S/C24H30N2O2/c27-17-23(18-28)16-26(21-8-2-1-3-9-21)24(23)10-12-25(13-11-24)22-14-19-6-4-5-7-20(19)15-22/h1-9,22,27-28H,10-18H2. The van der Waals surface area contributed by atoms with Crippen LogP contribution in [0.15, 0.2) is 54.6 Å². The summed E-state index contributed by atoms with van der Waals surface area (Å²) in [4.78, 5) is 5.09.